The Hall–Kier alpha value is -1.38. The number of benzene rings is 1. The first kappa shape index (κ1) is 11.7. The summed E-state index contributed by atoms with van der Waals surface area (Å²) >= 11 is 0. The van der Waals surface area contributed by atoms with Crippen molar-refractivity contribution < 1.29 is 8.42 Å². The van der Waals surface area contributed by atoms with Crippen LogP contribution in [-0.4, -0.2) is 15.0 Å². The van der Waals surface area contributed by atoms with Crippen molar-refractivity contribution in [3.63, 3.8) is 0 Å². The summed E-state index contributed by atoms with van der Waals surface area (Å²) in [4.78, 5) is 0.0480. The molecule has 0 amide bonds. The highest BCUT2D eigenvalue weighted by atomic mass is 32.2. The monoisotopic (exact) mass is 224 g/mol. The number of nitriles is 1. The van der Waals surface area contributed by atoms with Crippen LogP contribution in [0.15, 0.2) is 23.1 Å². The largest absolute Gasteiger partial charge is 0.241 e. The van der Waals surface area contributed by atoms with Crippen LogP contribution in [0.2, 0.25) is 0 Å². The van der Waals surface area contributed by atoms with Gasteiger partial charge in [-0.1, -0.05) is 19.1 Å². The minimum absolute atomic E-state index is 0.0480. The van der Waals surface area contributed by atoms with Gasteiger partial charge in [-0.2, -0.15) is 5.26 Å². The lowest BCUT2D eigenvalue weighted by Gasteiger charge is -2.07. The van der Waals surface area contributed by atoms with Gasteiger partial charge in [-0.15, -0.1) is 0 Å². The molecule has 0 saturated heterocycles. The van der Waals surface area contributed by atoms with Crippen LogP contribution in [0.4, 0.5) is 0 Å². The summed E-state index contributed by atoms with van der Waals surface area (Å²) < 4.78 is 25.8. The second kappa shape index (κ2) is 4.43. The predicted octanol–water partition coefficient (Wildman–Crippen LogP) is 1.16. The summed E-state index contributed by atoms with van der Waals surface area (Å²) in [5, 5.41) is 8.89. The number of nitrogens with one attached hydrogen (secondary N) is 1. The third kappa shape index (κ3) is 2.35. The van der Waals surface area contributed by atoms with Crippen LogP contribution < -0.4 is 4.72 Å². The van der Waals surface area contributed by atoms with Gasteiger partial charge < -0.3 is 0 Å². The maximum absolute atomic E-state index is 11.7. The molecule has 80 valence electrons. The average molecular weight is 224 g/mol. The molecule has 0 spiro atoms. The van der Waals surface area contributed by atoms with E-state index in [0.29, 0.717) is 12.1 Å². The molecular formula is C10H12N2O2S. The van der Waals surface area contributed by atoms with Crippen molar-refractivity contribution in [1.82, 2.24) is 4.72 Å². The molecule has 4 nitrogen and oxygen atoms in total. The predicted molar refractivity (Wildman–Crippen MR) is 56.8 cm³/mol. The minimum Gasteiger partial charge on any atom is -0.211 e. The number of aryl methyl sites for hydroxylation is 1. The molecule has 0 aliphatic rings. The summed E-state index contributed by atoms with van der Waals surface area (Å²) in [6, 6.07) is 6.68. The molecule has 1 rings (SSSR count). The number of nitrogens with zero attached hydrogens (tertiary/aromatic N) is 1. The van der Waals surface area contributed by atoms with E-state index < -0.39 is 10.0 Å². The first-order valence-corrected chi connectivity index (χ1v) is 6.00. The molecule has 1 aromatic carbocycles. The number of sulfonamides is 1. The van der Waals surface area contributed by atoms with Crippen molar-refractivity contribution in [2.45, 2.75) is 18.7 Å². The maximum Gasteiger partial charge on any atom is 0.241 e. The van der Waals surface area contributed by atoms with E-state index in [9.17, 15) is 8.42 Å². The van der Waals surface area contributed by atoms with Crippen LogP contribution in [0.25, 0.3) is 0 Å². The Morgan fingerprint density at radius 1 is 1.47 bits per heavy atom. The Morgan fingerprint density at radius 2 is 2.13 bits per heavy atom. The molecule has 0 fully saturated rings. The molecule has 0 unspecified atom stereocenters. The molecule has 15 heavy (non-hydrogen) atoms. The Balaban J connectivity index is 3.40. The normalized spacial score (nSPS) is 11.0. The summed E-state index contributed by atoms with van der Waals surface area (Å²) in [5.74, 6) is 0. The summed E-state index contributed by atoms with van der Waals surface area (Å²) in [6.07, 6.45) is 0. The zero-order chi connectivity index (χ0) is 11.5. The fourth-order valence-corrected chi connectivity index (χ4v) is 2.54. The molecule has 0 atom stereocenters. The lowest BCUT2D eigenvalue weighted by molar-refractivity contribution is 0.583. The van der Waals surface area contributed by atoms with Gasteiger partial charge in [0.2, 0.25) is 10.0 Å². The van der Waals surface area contributed by atoms with Gasteiger partial charge in [0.05, 0.1) is 10.5 Å². The van der Waals surface area contributed by atoms with Crippen LogP contribution in [-0.2, 0) is 10.0 Å². The molecule has 0 aliphatic carbocycles. The van der Waals surface area contributed by atoms with Gasteiger partial charge >= 0.3 is 0 Å². The second-order valence-corrected chi connectivity index (χ2v) is 4.80. The Labute approximate surface area is 89.6 Å². The van der Waals surface area contributed by atoms with E-state index in [1.165, 1.54) is 6.07 Å². The summed E-state index contributed by atoms with van der Waals surface area (Å²) in [5.41, 5.74) is 0.870. The third-order valence-electron chi connectivity index (χ3n) is 1.97. The lowest BCUT2D eigenvalue weighted by Crippen LogP contribution is -2.24. The molecule has 0 bridgehead atoms. The quantitative estimate of drug-likeness (QED) is 0.837. The molecule has 5 heteroatoms. The molecule has 0 aliphatic heterocycles. The van der Waals surface area contributed by atoms with Gasteiger partial charge in [-0.25, -0.2) is 13.1 Å². The van der Waals surface area contributed by atoms with Crippen LogP contribution >= 0.6 is 0 Å². The fourth-order valence-electron chi connectivity index (χ4n) is 1.28. The minimum atomic E-state index is -3.55. The van der Waals surface area contributed by atoms with E-state index in [4.69, 9.17) is 5.26 Å². The van der Waals surface area contributed by atoms with Gasteiger partial charge in [0.15, 0.2) is 0 Å². The van der Waals surface area contributed by atoms with Crippen molar-refractivity contribution in [1.29, 1.82) is 5.26 Å². The van der Waals surface area contributed by atoms with Crippen LogP contribution in [0.1, 0.15) is 18.1 Å². The zero-order valence-electron chi connectivity index (χ0n) is 8.61. The highest BCUT2D eigenvalue weighted by Gasteiger charge is 2.18. The molecular weight excluding hydrogens is 212 g/mol. The SMILES string of the molecule is CCNS(=O)(=O)c1cccc(C)c1C#N. The van der Waals surface area contributed by atoms with Crippen molar-refractivity contribution in [2.75, 3.05) is 6.54 Å². The van der Waals surface area contributed by atoms with E-state index in [1.54, 1.807) is 26.0 Å². The molecule has 1 N–H and O–H groups in total. The first-order valence-electron chi connectivity index (χ1n) is 4.52. The fraction of sp³-hybridized carbons (Fsp3) is 0.300. The highest BCUT2D eigenvalue weighted by Crippen LogP contribution is 2.17. The maximum atomic E-state index is 11.7. The van der Waals surface area contributed by atoms with Crippen LogP contribution in [0.3, 0.4) is 0 Å². The van der Waals surface area contributed by atoms with Gasteiger partial charge in [-0.3, -0.25) is 0 Å². The Bertz CT molecular complexity index is 501. The molecule has 0 aromatic heterocycles. The third-order valence-corrected chi connectivity index (χ3v) is 3.56. The number of hydrogen-bond donors (Lipinski definition) is 1. The van der Waals surface area contributed by atoms with Crippen LogP contribution in [0, 0.1) is 18.3 Å². The van der Waals surface area contributed by atoms with E-state index in [0.717, 1.165) is 0 Å². The van der Waals surface area contributed by atoms with Crippen molar-refractivity contribution in [3.8, 4) is 6.07 Å². The summed E-state index contributed by atoms with van der Waals surface area (Å²) in [7, 11) is -3.55. The molecule has 1 aromatic rings. The van der Waals surface area contributed by atoms with E-state index >= 15 is 0 Å². The Kier molecular flexibility index (Phi) is 3.45. The first-order chi connectivity index (χ1) is 7.03. The summed E-state index contributed by atoms with van der Waals surface area (Å²) in [6.45, 7) is 3.71. The van der Waals surface area contributed by atoms with Crippen molar-refractivity contribution in [3.05, 3.63) is 29.3 Å². The van der Waals surface area contributed by atoms with Gasteiger partial charge in [0.25, 0.3) is 0 Å². The topological polar surface area (TPSA) is 70.0 Å². The molecule has 0 heterocycles. The van der Waals surface area contributed by atoms with Gasteiger partial charge in [0, 0.05) is 6.54 Å². The Morgan fingerprint density at radius 3 is 2.67 bits per heavy atom. The number of rotatable bonds is 3. The van der Waals surface area contributed by atoms with Gasteiger partial charge in [-0.05, 0) is 18.6 Å². The highest BCUT2D eigenvalue weighted by molar-refractivity contribution is 7.89. The second-order valence-electron chi connectivity index (χ2n) is 3.06. The average Bonchev–Trinajstić information content (AvgIpc) is 2.17. The zero-order valence-corrected chi connectivity index (χ0v) is 9.43. The van der Waals surface area contributed by atoms with Crippen molar-refractivity contribution in [2.24, 2.45) is 0 Å². The smallest absolute Gasteiger partial charge is 0.211 e. The van der Waals surface area contributed by atoms with Crippen LogP contribution in [0.5, 0.6) is 0 Å². The van der Waals surface area contributed by atoms with E-state index in [2.05, 4.69) is 4.72 Å². The standard InChI is InChI=1S/C10H12N2O2S/c1-3-12-15(13,14)10-6-4-5-8(2)9(10)7-11/h4-6,12H,3H2,1-2H3. The van der Waals surface area contributed by atoms with Gasteiger partial charge in [0.1, 0.15) is 6.07 Å². The van der Waals surface area contributed by atoms with E-state index in [-0.39, 0.29) is 10.5 Å². The molecule has 0 radical (unpaired) electrons. The number of hydrogen-bond acceptors (Lipinski definition) is 3. The van der Waals surface area contributed by atoms with Crippen molar-refractivity contribution >= 4 is 10.0 Å². The molecule has 0 saturated carbocycles. The van der Waals surface area contributed by atoms with E-state index in [1.807, 2.05) is 6.07 Å². The lowest BCUT2D eigenvalue weighted by atomic mass is 10.1.